The van der Waals surface area contributed by atoms with Crippen LogP contribution in [0.1, 0.15) is 49.7 Å². The molecule has 1 fully saturated rings. The smallest absolute Gasteiger partial charge is 0.227 e. The standard InChI is InChI=1S/C16H21N5O3/c1-11(2)16-19-14(24-20-16)3-4-15(22)21-7-8-23-13(10-21)12-9-17-5-6-18-12/h5-6,9,11,13H,3-4,7-8,10H2,1-2H3. The van der Waals surface area contributed by atoms with Crippen molar-refractivity contribution >= 4 is 5.91 Å². The number of aryl methyl sites for hydroxylation is 1. The van der Waals surface area contributed by atoms with Crippen LogP contribution < -0.4 is 0 Å². The van der Waals surface area contributed by atoms with Crippen molar-refractivity contribution in [3.05, 3.63) is 36.0 Å². The summed E-state index contributed by atoms with van der Waals surface area (Å²) in [6.07, 6.45) is 5.47. The van der Waals surface area contributed by atoms with E-state index in [1.54, 1.807) is 23.5 Å². The van der Waals surface area contributed by atoms with Gasteiger partial charge in [-0.05, 0) is 0 Å². The lowest BCUT2D eigenvalue weighted by atomic mass is 10.2. The van der Waals surface area contributed by atoms with Crippen molar-refractivity contribution in [2.24, 2.45) is 0 Å². The fourth-order valence-corrected chi connectivity index (χ4v) is 2.51. The maximum absolute atomic E-state index is 12.4. The number of carbonyl (C=O) groups excluding carboxylic acids is 1. The molecule has 128 valence electrons. The molecular formula is C16H21N5O3. The van der Waals surface area contributed by atoms with Crippen LogP contribution in [0.5, 0.6) is 0 Å². The van der Waals surface area contributed by atoms with E-state index in [9.17, 15) is 4.79 Å². The Hall–Kier alpha value is -2.35. The minimum absolute atomic E-state index is 0.0523. The molecule has 8 nitrogen and oxygen atoms in total. The number of ether oxygens (including phenoxy) is 1. The van der Waals surface area contributed by atoms with E-state index >= 15 is 0 Å². The zero-order chi connectivity index (χ0) is 16.9. The lowest BCUT2D eigenvalue weighted by Crippen LogP contribution is -2.42. The molecule has 1 unspecified atom stereocenters. The molecule has 1 saturated heterocycles. The first-order valence-corrected chi connectivity index (χ1v) is 8.11. The summed E-state index contributed by atoms with van der Waals surface area (Å²) in [5, 5.41) is 3.91. The Labute approximate surface area is 140 Å². The minimum Gasteiger partial charge on any atom is -0.368 e. The van der Waals surface area contributed by atoms with Crippen LogP contribution >= 0.6 is 0 Å². The highest BCUT2D eigenvalue weighted by molar-refractivity contribution is 5.76. The van der Waals surface area contributed by atoms with Gasteiger partial charge >= 0.3 is 0 Å². The van der Waals surface area contributed by atoms with Crippen LogP contribution in [0.15, 0.2) is 23.1 Å². The first-order chi connectivity index (χ1) is 11.6. The van der Waals surface area contributed by atoms with E-state index in [-0.39, 0.29) is 17.9 Å². The molecule has 3 rings (SSSR count). The molecule has 1 atom stereocenters. The summed E-state index contributed by atoms with van der Waals surface area (Å²) in [5.41, 5.74) is 0.744. The quantitative estimate of drug-likeness (QED) is 0.819. The summed E-state index contributed by atoms with van der Waals surface area (Å²) in [5.74, 6) is 1.44. The molecule has 1 amide bonds. The average Bonchev–Trinajstić information content (AvgIpc) is 3.10. The molecule has 2 aromatic heterocycles. The van der Waals surface area contributed by atoms with E-state index < -0.39 is 0 Å². The molecule has 0 N–H and O–H groups in total. The average molecular weight is 331 g/mol. The zero-order valence-corrected chi connectivity index (χ0v) is 13.9. The third kappa shape index (κ3) is 3.94. The molecule has 1 aliphatic rings. The number of morpholine rings is 1. The summed E-state index contributed by atoms with van der Waals surface area (Å²) in [6, 6.07) is 0. The van der Waals surface area contributed by atoms with Crippen LogP contribution in [-0.2, 0) is 16.0 Å². The van der Waals surface area contributed by atoms with Crippen LogP contribution in [0.25, 0.3) is 0 Å². The number of hydrogen-bond donors (Lipinski definition) is 0. The molecule has 0 aliphatic carbocycles. The van der Waals surface area contributed by atoms with Crippen molar-refractivity contribution in [2.75, 3.05) is 19.7 Å². The fraction of sp³-hybridized carbons (Fsp3) is 0.562. The molecule has 0 radical (unpaired) electrons. The Morgan fingerprint density at radius 2 is 2.29 bits per heavy atom. The maximum atomic E-state index is 12.4. The van der Waals surface area contributed by atoms with Gasteiger partial charge < -0.3 is 14.2 Å². The topological polar surface area (TPSA) is 94.2 Å². The van der Waals surface area contributed by atoms with Gasteiger partial charge in [0.1, 0.15) is 6.10 Å². The normalized spacial score (nSPS) is 18.1. The van der Waals surface area contributed by atoms with Gasteiger partial charge in [-0.2, -0.15) is 4.98 Å². The second-order valence-electron chi connectivity index (χ2n) is 6.03. The van der Waals surface area contributed by atoms with Gasteiger partial charge in [0, 0.05) is 37.7 Å². The highest BCUT2D eigenvalue weighted by atomic mass is 16.5. The van der Waals surface area contributed by atoms with Crippen LogP contribution in [0, 0.1) is 0 Å². The predicted molar refractivity (Wildman–Crippen MR) is 84.0 cm³/mol. The van der Waals surface area contributed by atoms with Gasteiger partial charge in [0.15, 0.2) is 5.82 Å². The molecule has 2 aromatic rings. The van der Waals surface area contributed by atoms with Crippen molar-refractivity contribution in [2.45, 2.75) is 38.7 Å². The molecular weight excluding hydrogens is 310 g/mol. The minimum atomic E-state index is -0.229. The number of aromatic nitrogens is 4. The van der Waals surface area contributed by atoms with Crippen LogP contribution in [0.4, 0.5) is 0 Å². The summed E-state index contributed by atoms with van der Waals surface area (Å²) in [4.78, 5) is 26.8. The Balaban J connectivity index is 1.54. The molecule has 0 saturated carbocycles. The number of nitrogens with zero attached hydrogens (tertiary/aromatic N) is 5. The first-order valence-electron chi connectivity index (χ1n) is 8.11. The van der Waals surface area contributed by atoms with Crippen molar-refractivity contribution < 1.29 is 14.1 Å². The van der Waals surface area contributed by atoms with Crippen LogP contribution in [0.3, 0.4) is 0 Å². The highest BCUT2D eigenvalue weighted by Crippen LogP contribution is 2.20. The molecule has 0 bridgehead atoms. The van der Waals surface area contributed by atoms with E-state index in [2.05, 4.69) is 20.1 Å². The third-order valence-electron chi connectivity index (χ3n) is 3.89. The summed E-state index contributed by atoms with van der Waals surface area (Å²) < 4.78 is 10.9. The number of rotatable bonds is 5. The highest BCUT2D eigenvalue weighted by Gasteiger charge is 2.26. The monoisotopic (exact) mass is 331 g/mol. The Bertz CT molecular complexity index is 673. The largest absolute Gasteiger partial charge is 0.368 e. The molecule has 3 heterocycles. The van der Waals surface area contributed by atoms with E-state index in [1.807, 2.05) is 13.8 Å². The molecule has 0 aromatic carbocycles. The third-order valence-corrected chi connectivity index (χ3v) is 3.89. The van der Waals surface area contributed by atoms with E-state index in [0.717, 1.165) is 5.69 Å². The van der Waals surface area contributed by atoms with E-state index in [0.29, 0.717) is 44.3 Å². The Morgan fingerprint density at radius 1 is 1.42 bits per heavy atom. The van der Waals surface area contributed by atoms with Crippen LogP contribution in [0.2, 0.25) is 0 Å². The predicted octanol–water partition coefficient (Wildman–Crippen LogP) is 1.52. The lowest BCUT2D eigenvalue weighted by molar-refractivity contribution is -0.139. The van der Waals surface area contributed by atoms with E-state index in [4.69, 9.17) is 9.26 Å². The molecule has 8 heteroatoms. The summed E-state index contributed by atoms with van der Waals surface area (Å²) in [7, 11) is 0. The SMILES string of the molecule is CC(C)c1noc(CCC(=O)N2CCOC(c3cnccn3)C2)n1. The maximum Gasteiger partial charge on any atom is 0.227 e. The summed E-state index contributed by atoms with van der Waals surface area (Å²) >= 11 is 0. The van der Waals surface area contributed by atoms with Gasteiger partial charge in [-0.3, -0.25) is 14.8 Å². The van der Waals surface area contributed by atoms with Gasteiger partial charge in [0.05, 0.1) is 25.0 Å². The number of carbonyl (C=O) groups is 1. The molecule has 1 aliphatic heterocycles. The van der Waals surface area contributed by atoms with Gasteiger partial charge in [-0.25, -0.2) is 0 Å². The van der Waals surface area contributed by atoms with Gasteiger partial charge in [-0.1, -0.05) is 19.0 Å². The fourth-order valence-electron chi connectivity index (χ4n) is 2.51. The van der Waals surface area contributed by atoms with Crippen molar-refractivity contribution in [1.29, 1.82) is 0 Å². The lowest BCUT2D eigenvalue weighted by Gasteiger charge is -2.32. The second-order valence-corrected chi connectivity index (χ2v) is 6.03. The van der Waals surface area contributed by atoms with Gasteiger partial charge in [0.25, 0.3) is 0 Å². The second kappa shape index (κ2) is 7.48. The van der Waals surface area contributed by atoms with Crippen molar-refractivity contribution in [1.82, 2.24) is 25.0 Å². The Kier molecular flexibility index (Phi) is 5.14. The summed E-state index contributed by atoms with van der Waals surface area (Å²) in [6.45, 7) is 5.56. The zero-order valence-electron chi connectivity index (χ0n) is 13.9. The molecule has 24 heavy (non-hydrogen) atoms. The van der Waals surface area contributed by atoms with Gasteiger partial charge in [0.2, 0.25) is 11.8 Å². The van der Waals surface area contributed by atoms with E-state index in [1.165, 1.54) is 0 Å². The number of amides is 1. The van der Waals surface area contributed by atoms with Crippen molar-refractivity contribution in [3.63, 3.8) is 0 Å². The first kappa shape index (κ1) is 16.5. The Morgan fingerprint density at radius 3 is 3.00 bits per heavy atom. The number of hydrogen-bond acceptors (Lipinski definition) is 7. The van der Waals surface area contributed by atoms with Crippen molar-refractivity contribution in [3.8, 4) is 0 Å². The molecule has 0 spiro atoms. The van der Waals surface area contributed by atoms with Gasteiger partial charge in [-0.15, -0.1) is 0 Å². The van der Waals surface area contributed by atoms with Crippen LogP contribution in [-0.4, -0.2) is 50.6 Å².